The van der Waals surface area contributed by atoms with E-state index < -0.39 is 0 Å². The molecule has 0 radical (unpaired) electrons. The van der Waals surface area contributed by atoms with Gasteiger partial charge in [0.05, 0.1) is 12.2 Å². The zero-order valence-corrected chi connectivity index (χ0v) is 19.6. The Labute approximate surface area is 200 Å². The highest BCUT2D eigenvalue weighted by Crippen LogP contribution is 2.30. The number of carbonyl (C=O) groups is 1. The van der Waals surface area contributed by atoms with E-state index in [0.717, 1.165) is 34.9 Å². The smallest absolute Gasteiger partial charge is 0.265 e. The number of hydrogen-bond donors (Lipinski definition) is 0. The Balaban J connectivity index is 1.20. The molecule has 9 heteroatoms. The summed E-state index contributed by atoms with van der Waals surface area (Å²) in [4.78, 5) is 27.1. The van der Waals surface area contributed by atoms with E-state index in [0.29, 0.717) is 41.2 Å². The fourth-order valence-corrected chi connectivity index (χ4v) is 4.94. The van der Waals surface area contributed by atoms with Gasteiger partial charge in [-0.2, -0.15) is 4.98 Å². The lowest BCUT2D eigenvalue weighted by Gasteiger charge is -2.33. The SMILES string of the molecule is Cc1nc(-c2ccc(Cl)cc2)sc1C(=O)N1CCN(Cc2nc(-c3ccccc3)no2)CC1. The Hall–Kier alpha value is -3.07. The van der Waals surface area contributed by atoms with E-state index in [1.54, 1.807) is 0 Å². The number of aryl methyl sites for hydroxylation is 1. The van der Waals surface area contributed by atoms with Crippen molar-refractivity contribution in [3.05, 3.63) is 76.1 Å². The summed E-state index contributed by atoms with van der Waals surface area (Å²) in [6.45, 7) is 5.24. The lowest BCUT2D eigenvalue weighted by atomic mass is 10.2. The van der Waals surface area contributed by atoms with Crippen LogP contribution in [0.3, 0.4) is 0 Å². The number of hydrogen-bond acceptors (Lipinski definition) is 7. The average Bonchev–Trinajstić information content (AvgIpc) is 3.47. The van der Waals surface area contributed by atoms with Crippen molar-refractivity contribution in [3.8, 4) is 22.0 Å². The molecule has 1 aliphatic heterocycles. The molecule has 7 nitrogen and oxygen atoms in total. The largest absolute Gasteiger partial charge is 0.338 e. The van der Waals surface area contributed by atoms with Crippen LogP contribution in [0.5, 0.6) is 0 Å². The maximum absolute atomic E-state index is 13.2. The van der Waals surface area contributed by atoms with Crippen LogP contribution in [-0.4, -0.2) is 57.0 Å². The monoisotopic (exact) mass is 479 g/mol. The maximum Gasteiger partial charge on any atom is 0.265 e. The van der Waals surface area contributed by atoms with Crippen LogP contribution in [-0.2, 0) is 6.54 Å². The second kappa shape index (κ2) is 9.43. The van der Waals surface area contributed by atoms with Crippen molar-refractivity contribution in [1.29, 1.82) is 0 Å². The van der Waals surface area contributed by atoms with Crippen molar-refractivity contribution >= 4 is 28.8 Å². The molecular weight excluding hydrogens is 458 g/mol. The van der Waals surface area contributed by atoms with Gasteiger partial charge in [-0.05, 0) is 19.1 Å². The Bertz CT molecular complexity index is 1250. The third-order valence-electron chi connectivity index (χ3n) is 5.60. The predicted octanol–water partition coefficient (Wildman–Crippen LogP) is 4.78. The minimum atomic E-state index is 0.0361. The first-order valence-corrected chi connectivity index (χ1v) is 11.9. The molecule has 0 spiro atoms. The molecular formula is C24H22ClN5O2S. The molecule has 0 unspecified atom stereocenters. The van der Waals surface area contributed by atoms with E-state index in [9.17, 15) is 4.79 Å². The third kappa shape index (κ3) is 4.83. The number of rotatable bonds is 5. The summed E-state index contributed by atoms with van der Waals surface area (Å²) in [6.07, 6.45) is 0. The minimum absolute atomic E-state index is 0.0361. The van der Waals surface area contributed by atoms with Crippen molar-refractivity contribution in [3.63, 3.8) is 0 Å². The first-order valence-electron chi connectivity index (χ1n) is 10.7. The molecule has 1 amide bonds. The van der Waals surface area contributed by atoms with Crippen LogP contribution in [0, 0.1) is 6.92 Å². The van der Waals surface area contributed by atoms with Gasteiger partial charge < -0.3 is 9.42 Å². The Morgan fingerprint density at radius 2 is 1.73 bits per heavy atom. The second-order valence-electron chi connectivity index (χ2n) is 7.89. The van der Waals surface area contributed by atoms with E-state index in [-0.39, 0.29) is 5.91 Å². The topological polar surface area (TPSA) is 75.4 Å². The van der Waals surface area contributed by atoms with Gasteiger partial charge in [0, 0.05) is 42.3 Å². The zero-order chi connectivity index (χ0) is 22.8. The molecule has 3 heterocycles. The van der Waals surface area contributed by atoms with Gasteiger partial charge in [-0.25, -0.2) is 4.98 Å². The van der Waals surface area contributed by atoms with Crippen molar-refractivity contribution in [2.75, 3.05) is 26.2 Å². The summed E-state index contributed by atoms with van der Waals surface area (Å²) >= 11 is 7.42. The average molecular weight is 480 g/mol. The molecule has 4 aromatic rings. The first kappa shape index (κ1) is 21.8. The van der Waals surface area contributed by atoms with E-state index in [4.69, 9.17) is 16.1 Å². The maximum atomic E-state index is 13.2. The number of benzene rings is 2. The van der Waals surface area contributed by atoms with Crippen molar-refractivity contribution in [1.82, 2.24) is 24.9 Å². The number of aromatic nitrogens is 3. The molecule has 0 atom stereocenters. The number of piperazine rings is 1. The Morgan fingerprint density at radius 3 is 2.45 bits per heavy atom. The molecule has 168 valence electrons. The first-order chi connectivity index (χ1) is 16.1. The lowest BCUT2D eigenvalue weighted by Crippen LogP contribution is -2.48. The molecule has 0 aliphatic carbocycles. The van der Waals surface area contributed by atoms with E-state index in [1.807, 2.05) is 66.4 Å². The highest BCUT2D eigenvalue weighted by molar-refractivity contribution is 7.17. The van der Waals surface area contributed by atoms with Gasteiger partial charge in [0.15, 0.2) is 0 Å². The third-order valence-corrected chi connectivity index (χ3v) is 7.05. The highest BCUT2D eigenvalue weighted by Gasteiger charge is 2.26. The second-order valence-corrected chi connectivity index (χ2v) is 9.32. The molecule has 0 N–H and O–H groups in total. The molecule has 0 saturated carbocycles. The van der Waals surface area contributed by atoms with Crippen LogP contribution < -0.4 is 0 Å². The molecule has 1 saturated heterocycles. The van der Waals surface area contributed by atoms with Crippen LogP contribution in [0.2, 0.25) is 5.02 Å². The lowest BCUT2D eigenvalue weighted by molar-refractivity contribution is 0.0619. The highest BCUT2D eigenvalue weighted by atomic mass is 35.5. The Kier molecular flexibility index (Phi) is 6.22. The molecule has 5 rings (SSSR count). The number of halogens is 1. The van der Waals surface area contributed by atoms with Crippen LogP contribution in [0.4, 0.5) is 0 Å². The van der Waals surface area contributed by atoms with Crippen LogP contribution in [0.25, 0.3) is 22.0 Å². The Morgan fingerprint density at radius 1 is 1.00 bits per heavy atom. The number of amides is 1. The van der Waals surface area contributed by atoms with Gasteiger partial charge in [-0.15, -0.1) is 11.3 Å². The van der Waals surface area contributed by atoms with E-state index in [1.165, 1.54) is 11.3 Å². The van der Waals surface area contributed by atoms with Gasteiger partial charge in [0.25, 0.3) is 5.91 Å². The molecule has 1 aliphatic rings. The van der Waals surface area contributed by atoms with Crippen LogP contribution in [0.1, 0.15) is 21.3 Å². The summed E-state index contributed by atoms with van der Waals surface area (Å²) in [6, 6.07) is 17.3. The number of thiazole rings is 1. The number of carbonyl (C=O) groups excluding carboxylic acids is 1. The zero-order valence-electron chi connectivity index (χ0n) is 18.1. The molecule has 2 aromatic carbocycles. The number of nitrogens with zero attached hydrogens (tertiary/aromatic N) is 5. The quantitative estimate of drug-likeness (QED) is 0.410. The summed E-state index contributed by atoms with van der Waals surface area (Å²) in [5.41, 5.74) is 2.66. The van der Waals surface area contributed by atoms with E-state index in [2.05, 4.69) is 20.0 Å². The normalized spacial score (nSPS) is 14.5. The van der Waals surface area contributed by atoms with Crippen molar-refractivity contribution in [2.45, 2.75) is 13.5 Å². The van der Waals surface area contributed by atoms with Gasteiger partial charge in [-0.1, -0.05) is 59.2 Å². The van der Waals surface area contributed by atoms with Crippen molar-refractivity contribution < 1.29 is 9.32 Å². The van der Waals surface area contributed by atoms with Crippen LogP contribution >= 0.6 is 22.9 Å². The molecule has 0 bridgehead atoms. The van der Waals surface area contributed by atoms with Gasteiger partial charge in [0.1, 0.15) is 9.88 Å². The van der Waals surface area contributed by atoms with Crippen LogP contribution in [0.15, 0.2) is 59.1 Å². The predicted molar refractivity (Wildman–Crippen MR) is 128 cm³/mol. The fourth-order valence-electron chi connectivity index (χ4n) is 3.78. The van der Waals surface area contributed by atoms with Crippen molar-refractivity contribution in [2.24, 2.45) is 0 Å². The van der Waals surface area contributed by atoms with Gasteiger partial charge in [0.2, 0.25) is 11.7 Å². The molecule has 33 heavy (non-hydrogen) atoms. The van der Waals surface area contributed by atoms with E-state index >= 15 is 0 Å². The summed E-state index contributed by atoms with van der Waals surface area (Å²) in [5, 5.41) is 5.60. The summed E-state index contributed by atoms with van der Waals surface area (Å²) in [7, 11) is 0. The van der Waals surface area contributed by atoms with Gasteiger partial charge >= 0.3 is 0 Å². The fraction of sp³-hybridized carbons (Fsp3) is 0.250. The molecule has 2 aromatic heterocycles. The summed E-state index contributed by atoms with van der Waals surface area (Å²) < 4.78 is 5.44. The standard InChI is InChI=1S/C24H22ClN5O2S/c1-16-21(33-23(26-16)18-7-9-19(25)10-8-18)24(31)30-13-11-29(12-14-30)15-20-27-22(28-32-20)17-5-3-2-4-6-17/h2-10H,11-15H2,1H3. The van der Waals surface area contributed by atoms with Gasteiger partial charge in [-0.3, -0.25) is 9.69 Å². The molecule has 1 fully saturated rings. The minimum Gasteiger partial charge on any atom is -0.338 e. The summed E-state index contributed by atoms with van der Waals surface area (Å²) in [5.74, 6) is 1.21.